The van der Waals surface area contributed by atoms with E-state index < -0.39 is 0 Å². The van der Waals surface area contributed by atoms with Gasteiger partial charge in [-0.2, -0.15) is 5.26 Å². The van der Waals surface area contributed by atoms with Gasteiger partial charge in [-0.3, -0.25) is 0 Å². The van der Waals surface area contributed by atoms with Gasteiger partial charge in [0.25, 0.3) is 0 Å². The molecule has 0 aromatic heterocycles. The Morgan fingerprint density at radius 3 is 3.00 bits per heavy atom. The van der Waals surface area contributed by atoms with Gasteiger partial charge in [-0.1, -0.05) is 12.1 Å². The minimum atomic E-state index is 0.598. The van der Waals surface area contributed by atoms with Crippen LogP contribution in [0.4, 0.5) is 5.69 Å². The molecule has 17 heavy (non-hydrogen) atoms. The lowest BCUT2D eigenvalue weighted by molar-refractivity contribution is 0.322. The van der Waals surface area contributed by atoms with E-state index in [4.69, 9.17) is 5.26 Å². The van der Waals surface area contributed by atoms with Crippen LogP contribution in [0.5, 0.6) is 0 Å². The van der Waals surface area contributed by atoms with Crippen molar-refractivity contribution in [1.82, 2.24) is 4.90 Å². The normalized spacial score (nSPS) is 20.2. The third-order valence-electron chi connectivity index (χ3n) is 3.58. The van der Waals surface area contributed by atoms with Crippen LogP contribution in [0.25, 0.3) is 0 Å². The van der Waals surface area contributed by atoms with Crippen LogP contribution in [0.2, 0.25) is 0 Å². The minimum Gasteiger partial charge on any atom is -0.382 e. The highest BCUT2D eigenvalue weighted by Gasteiger charge is 2.20. The molecule has 90 valence electrons. The summed E-state index contributed by atoms with van der Waals surface area (Å²) >= 11 is 0. The smallest absolute Gasteiger partial charge is 0.101 e. The van der Waals surface area contributed by atoms with E-state index in [1.807, 2.05) is 25.1 Å². The summed E-state index contributed by atoms with van der Waals surface area (Å²) in [6, 6.07) is 8.69. The zero-order chi connectivity index (χ0) is 12.3. The van der Waals surface area contributed by atoms with E-state index in [0.717, 1.165) is 23.4 Å². The molecule has 0 saturated carbocycles. The predicted molar refractivity (Wildman–Crippen MR) is 70.0 cm³/mol. The van der Waals surface area contributed by atoms with Gasteiger partial charge in [-0.05, 0) is 45.0 Å². The highest BCUT2D eigenvalue weighted by molar-refractivity contribution is 5.62. The number of rotatable bonds is 3. The Balaban J connectivity index is 2.06. The molecule has 3 nitrogen and oxygen atoms in total. The Morgan fingerprint density at radius 1 is 1.53 bits per heavy atom. The number of benzene rings is 1. The predicted octanol–water partition coefficient (Wildman–Crippen LogP) is 2.37. The van der Waals surface area contributed by atoms with Crippen molar-refractivity contribution in [1.29, 1.82) is 5.26 Å². The maximum absolute atomic E-state index is 9.09. The van der Waals surface area contributed by atoms with Crippen LogP contribution in [-0.2, 0) is 0 Å². The van der Waals surface area contributed by atoms with Crippen molar-refractivity contribution in [3.63, 3.8) is 0 Å². The third-order valence-corrected chi connectivity index (χ3v) is 3.58. The van der Waals surface area contributed by atoms with E-state index in [2.05, 4.69) is 23.3 Å². The second-order valence-corrected chi connectivity index (χ2v) is 4.77. The quantitative estimate of drug-likeness (QED) is 0.865. The van der Waals surface area contributed by atoms with Crippen molar-refractivity contribution in [2.75, 3.05) is 25.5 Å². The lowest BCUT2D eigenvalue weighted by Gasteiger charge is -2.21. The summed E-state index contributed by atoms with van der Waals surface area (Å²) in [7, 11) is 2.17. The van der Waals surface area contributed by atoms with E-state index >= 15 is 0 Å². The van der Waals surface area contributed by atoms with Crippen molar-refractivity contribution in [3.8, 4) is 6.07 Å². The Morgan fingerprint density at radius 2 is 2.35 bits per heavy atom. The van der Waals surface area contributed by atoms with Crippen LogP contribution in [0.15, 0.2) is 18.2 Å². The monoisotopic (exact) mass is 229 g/mol. The number of likely N-dealkylation sites (N-methyl/N-ethyl adjacent to an activating group) is 1. The Labute approximate surface area is 103 Å². The summed E-state index contributed by atoms with van der Waals surface area (Å²) in [5, 5.41) is 12.5. The molecule has 0 aliphatic carbocycles. The minimum absolute atomic E-state index is 0.598. The lowest BCUT2D eigenvalue weighted by Crippen LogP contribution is -2.31. The third kappa shape index (κ3) is 2.59. The van der Waals surface area contributed by atoms with Gasteiger partial charge < -0.3 is 10.2 Å². The zero-order valence-corrected chi connectivity index (χ0v) is 10.5. The first-order valence-corrected chi connectivity index (χ1v) is 6.16. The molecule has 1 aromatic carbocycles. The first kappa shape index (κ1) is 11.9. The Hall–Kier alpha value is -1.53. The van der Waals surface area contributed by atoms with Gasteiger partial charge >= 0.3 is 0 Å². The van der Waals surface area contributed by atoms with Gasteiger partial charge in [-0.15, -0.1) is 0 Å². The highest BCUT2D eigenvalue weighted by Crippen LogP contribution is 2.21. The standard InChI is InChI=1S/C14H19N3/c1-11-5-3-6-12(9-15)14(11)16-10-13-7-4-8-17(13)2/h3,5-6,13,16H,4,7-8,10H2,1-2H3. The van der Waals surface area contributed by atoms with Gasteiger partial charge in [0.2, 0.25) is 0 Å². The molecule has 1 unspecified atom stereocenters. The van der Waals surface area contributed by atoms with Crippen LogP contribution >= 0.6 is 0 Å². The molecule has 1 atom stereocenters. The molecular formula is C14H19N3. The average Bonchev–Trinajstić information content (AvgIpc) is 2.73. The molecule has 3 heteroatoms. The molecule has 1 aliphatic rings. The summed E-state index contributed by atoms with van der Waals surface area (Å²) in [5.41, 5.74) is 2.88. The molecule has 0 radical (unpaired) electrons. The fourth-order valence-electron chi connectivity index (χ4n) is 2.45. The Kier molecular flexibility index (Phi) is 3.65. The molecule has 1 N–H and O–H groups in total. The molecule has 1 saturated heterocycles. The van der Waals surface area contributed by atoms with Crippen molar-refractivity contribution in [2.24, 2.45) is 0 Å². The number of para-hydroxylation sites is 1. The molecule has 0 bridgehead atoms. The molecular weight excluding hydrogens is 210 g/mol. The van der Waals surface area contributed by atoms with Crippen molar-refractivity contribution in [3.05, 3.63) is 29.3 Å². The van der Waals surface area contributed by atoms with Gasteiger partial charge in [0.1, 0.15) is 6.07 Å². The second kappa shape index (κ2) is 5.20. The van der Waals surface area contributed by atoms with E-state index in [1.165, 1.54) is 19.4 Å². The number of anilines is 1. The van der Waals surface area contributed by atoms with E-state index in [0.29, 0.717) is 6.04 Å². The fourth-order valence-corrected chi connectivity index (χ4v) is 2.45. The SMILES string of the molecule is Cc1cccc(C#N)c1NCC1CCCN1C. The number of nitrogens with zero attached hydrogens (tertiary/aromatic N) is 2. The largest absolute Gasteiger partial charge is 0.382 e. The number of hydrogen-bond donors (Lipinski definition) is 1. The average molecular weight is 229 g/mol. The molecule has 1 aromatic rings. The summed E-state index contributed by atoms with van der Waals surface area (Å²) in [5.74, 6) is 0. The van der Waals surface area contributed by atoms with Crippen LogP contribution in [0, 0.1) is 18.3 Å². The maximum atomic E-state index is 9.09. The summed E-state index contributed by atoms with van der Waals surface area (Å²) in [6.07, 6.45) is 2.53. The van der Waals surface area contributed by atoms with Crippen molar-refractivity contribution < 1.29 is 0 Å². The summed E-state index contributed by atoms with van der Waals surface area (Å²) < 4.78 is 0. The van der Waals surface area contributed by atoms with Crippen LogP contribution in [0.1, 0.15) is 24.0 Å². The van der Waals surface area contributed by atoms with E-state index in [9.17, 15) is 0 Å². The van der Waals surface area contributed by atoms with Gasteiger partial charge in [0.15, 0.2) is 0 Å². The number of likely N-dealkylation sites (tertiary alicyclic amines) is 1. The van der Waals surface area contributed by atoms with Crippen LogP contribution in [0.3, 0.4) is 0 Å². The molecule has 1 fully saturated rings. The molecule has 2 rings (SSSR count). The summed E-state index contributed by atoms with van der Waals surface area (Å²) in [4.78, 5) is 2.39. The van der Waals surface area contributed by atoms with E-state index in [1.54, 1.807) is 0 Å². The highest BCUT2D eigenvalue weighted by atomic mass is 15.2. The van der Waals surface area contributed by atoms with E-state index in [-0.39, 0.29) is 0 Å². The first-order valence-electron chi connectivity index (χ1n) is 6.16. The molecule has 1 heterocycles. The number of nitriles is 1. The maximum Gasteiger partial charge on any atom is 0.101 e. The molecule has 0 amide bonds. The molecule has 0 spiro atoms. The number of nitrogens with one attached hydrogen (secondary N) is 1. The second-order valence-electron chi connectivity index (χ2n) is 4.77. The van der Waals surface area contributed by atoms with Gasteiger partial charge in [-0.25, -0.2) is 0 Å². The number of aryl methyl sites for hydroxylation is 1. The fraction of sp³-hybridized carbons (Fsp3) is 0.500. The van der Waals surface area contributed by atoms with Crippen molar-refractivity contribution in [2.45, 2.75) is 25.8 Å². The zero-order valence-electron chi connectivity index (χ0n) is 10.5. The number of hydrogen-bond acceptors (Lipinski definition) is 3. The van der Waals surface area contributed by atoms with Crippen molar-refractivity contribution >= 4 is 5.69 Å². The first-order chi connectivity index (χ1) is 8.22. The molecule has 1 aliphatic heterocycles. The topological polar surface area (TPSA) is 39.1 Å². The van der Waals surface area contributed by atoms with Gasteiger partial charge in [0, 0.05) is 12.6 Å². The Bertz CT molecular complexity index is 434. The summed E-state index contributed by atoms with van der Waals surface area (Å²) in [6.45, 7) is 4.16. The lowest BCUT2D eigenvalue weighted by atomic mass is 10.1. The van der Waals surface area contributed by atoms with Crippen LogP contribution < -0.4 is 5.32 Å². The van der Waals surface area contributed by atoms with Crippen LogP contribution in [-0.4, -0.2) is 31.1 Å². The van der Waals surface area contributed by atoms with Gasteiger partial charge in [0.05, 0.1) is 11.3 Å².